The third-order valence-corrected chi connectivity index (χ3v) is 5.16. The number of carbonyl (C=O) groups is 1. The third kappa shape index (κ3) is 3.68. The molecule has 0 amide bonds. The smallest absolute Gasteiger partial charge is 0.320 e. The van der Waals surface area contributed by atoms with E-state index in [4.69, 9.17) is 9.47 Å². The standard InChI is InChI=1S/C20H26N2O4/c1-4-25-18(23)13-17(19(24)26-5-2)20(15-21)11-12-22(20,3)14-16-9-7-6-8-10-16/h6-10,13,17H,4-5,11-12,14H2,1-3H3/b18-13+. The van der Waals surface area contributed by atoms with E-state index in [2.05, 4.69) is 6.07 Å². The summed E-state index contributed by atoms with van der Waals surface area (Å²) in [6.45, 7) is 5.15. The SMILES string of the molecule is CCOC(=O)C(/C=C(\[O-])OCC)C1(C#N)CC[N+]1(C)Cc1ccccc1. The van der Waals surface area contributed by atoms with Gasteiger partial charge in [-0.05, 0) is 19.6 Å². The summed E-state index contributed by atoms with van der Waals surface area (Å²) in [6.07, 6.45) is 1.73. The summed E-state index contributed by atoms with van der Waals surface area (Å²) >= 11 is 0. The molecule has 3 unspecified atom stereocenters. The summed E-state index contributed by atoms with van der Waals surface area (Å²) in [4.78, 5) is 12.6. The zero-order valence-electron chi connectivity index (χ0n) is 15.6. The number of benzene rings is 1. The molecule has 0 saturated carbocycles. The number of nitrogens with zero attached hydrogens (tertiary/aromatic N) is 2. The lowest BCUT2D eigenvalue weighted by molar-refractivity contribution is -1.01. The summed E-state index contributed by atoms with van der Waals surface area (Å²) in [5, 5.41) is 22.1. The van der Waals surface area contributed by atoms with Crippen LogP contribution < -0.4 is 5.11 Å². The Kier molecular flexibility index (Phi) is 6.27. The van der Waals surface area contributed by atoms with Gasteiger partial charge in [0.2, 0.25) is 5.54 Å². The van der Waals surface area contributed by atoms with Crippen molar-refractivity contribution in [2.45, 2.75) is 32.4 Å². The summed E-state index contributed by atoms with van der Waals surface area (Å²) in [7, 11) is 1.95. The summed E-state index contributed by atoms with van der Waals surface area (Å²) in [5.74, 6) is -2.12. The van der Waals surface area contributed by atoms with Crippen molar-refractivity contribution in [1.82, 2.24) is 0 Å². The molecule has 0 N–H and O–H groups in total. The number of carbonyl (C=O) groups excluding carboxylic acids is 1. The maximum Gasteiger partial charge on any atom is 0.320 e. The fourth-order valence-corrected chi connectivity index (χ4v) is 3.64. The van der Waals surface area contributed by atoms with E-state index in [-0.39, 0.29) is 13.2 Å². The maximum atomic E-state index is 12.6. The van der Waals surface area contributed by atoms with Gasteiger partial charge in [-0.15, -0.1) is 0 Å². The fourth-order valence-electron chi connectivity index (χ4n) is 3.64. The van der Waals surface area contributed by atoms with Gasteiger partial charge in [-0.3, -0.25) is 4.79 Å². The minimum atomic E-state index is -1.05. The molecule has 1 aromatic rings. The third-order valence-electron chi connectivity index (χ3n) is 5.16. The average Bonchev–Trinajstić information content (AvgIpc) is 2.62. The molecular weight excluding hydrogens is 332 g/mol. The van der Waals surface area contributed by atoms with Crippen LogP contribution in [0.2, 0.25) is 0 Å². The second-order valence-electron chi connectivity index (χ2n) is 6.70. The molecule has 1 heterocycles. The highest BCUT2D eigenvalue weighted by Crippen LogP contribution is 2.46. The lowest BCUT2D eigenvalue weighted by atomic mass is 9.71. The van der Waals surface area contributed by atoms with Crippen molar-refractivity contribution in [2.24, 2.45) is 5.92 Å². The maximum absolute atomic E-state index is 12.6. The zero-order valence-corrected chi connectivity index (χ0v) is 15.6. The van der Waals surface area contributed by atoms with E-state index in [0.717, 1.165) is 12.1 Å². The molecule has 140 valence electrons. The van der Waals surface area contributed by atoms with Crippen LogP contribution in [0.25, 0.3) is 0 Å². The van der Waals surface area contributed by atoms with E-state index in [1.54, 1.807) is 13.8 Å². The van der Waals surface area contributed by atoms with Gasteiger partial charge in [0.25, 0.3) is 0 Å². The molecule has 1 fully saturated rings. The lowest BCUT2D eigenvalue weighted by Crippen LogP contribution is -2.74. The van der Waals surface area contributed by atoms with Crippen LogP contribution in [0, 0.1) is 17.2 Å². The van der Waals surface area contributed by atoms with E-state index in [1.165, 1.54) is 6.08 Å². The first-order valence-corrected chi connectivity index (χ1v) is 8.90. The molecule has 0 radical (unpaired) electrons. The van der Waals surface area contributed by atoms with Gasteiger partial charge in [0, 0.05) is 11.5 Å². The Morgan fingerprint density at radius 1 is 1.35 bits per heavy atom. The van der Waals surface area contributed by atoms with Gasteiger partial charge in [-0.1, -0.05) is 37.3 Å². The van der Waals surface area contributed by atoms with Crippen molar-refractivity contribution < 1.29 is 23.9 Å². The quantitative estimate of drug-likeness (QED) is 0.401. The molecule has 0 aliphatic carbocycles. The Bertz CT molecular complexity index is 698. The Hall–Kier alpha value is -2.52. The molecule has 1 aliphatic heterocycles. The van der Waals surface area contributed by atoms with Crippen molar-refractivity contribution in [3.05, 3.63) is 47.9 Å². The van der Waals surface area contributed by atoms with E-state index in [1.807, 2.05) is 37.4 Å². The first kappa shape index (κ1) is 19.8. The van der Waals surface area contributed by atoms with E-state index >= 15 is 0 Å². The molecule has 26 heavy (non-hydrogen) atoms. The van der Waals surface area contributed by atoms with Crippen LogP contribution in [0.5, 0.6) is 0 Å². The Labute approximate surface area is 154 Å². The molecule has 1 aromatic carbocycles. The van der Waals surface area contributed by atoms with Crippen LogP contribution in [0.3, 0.4) is 0 Å². The van der Waals surface area contributed by atoms with Gasteiger partial charge in [0.1, 0.15) is 18.5 Å². The van der Waals surface area contributed by atoms with Crippen molar-refractivity contribution in [2.75, 3.05) is 26.8 Å². The van der Waals surface area contributed by atoms with Gasteiger partial charge in [-0.25, -0.2) is 0 Å². The minimum Gasteiger partial charge on any atom is -0.614 e. The fraction of sp³-hybridized carbons (Fsp3) is 0.500. The summed E-state index contributed by atoms with van der Waals surface area (Å²) in [5.41, 5.74) is 0.0301. The van der Waals surface area contributed by atoms with Gasteiger partial charge < -0.3 is 19.1 Å². The molecular formula is C20H26N2O4. The first-order chi connectivity index (χ1) is 12.4. The Balaban J connectivity index is 2.40. The highest BCUT2D eigenvalue weighted by Gasteiger charge is 2.64. The predicted molar refractivity (Wildman–Crippen MR) is 94.0 cm³/mol. The second-order valence-corrected chi connectivity index (χ2v) is 6.70. The monoisotopic (exact) mass is 358 g/mol. The number of likely N-dealkylation sites (tertiary alicyclic amines) is 1. The molecule has 6 nitrogen and oxygen atoms in total. The summed E-state index contributed by atoms with van der Waals surface area (Å²) in [6, 6.07) is 12.2. The number of rotatable bonds is 8. The lowest BCUT2D eigenvalue weighted by Gasteiger charge is -2.57. The van der Waals surface area contributed by atoms with Crippen LogP contribution in [0.15, 0.2) is 42.4 Å². The summed E-state index contributed by atoms with van der Waals surface area (Å²) < 4.78 is 10.5. The van der Waals surface area contributed by atoms with Crippen LogP contribution in [-0.4, -0.2) is 42.8 Å². The molecule has 3 atom stereocenters. The molecule has 2 rings (SSSR count). The Morgan fingerprint density at radius 3 is 2.50 bits per heavy atom. The molecule has 1 saturated heterocycles. The first-order valence-electron chi connectivity index (χ1n) is 8.90. The second kappa shape index (κ2) is 8.24. The number of hydrogen-bond acceptors (Lipinski definition) is 5. The van der Waals surface area contributed by atoms with Crippen LogP contribution in [-0.2, 0) is 20.8 Å². The normalized spacial score (nSPS) is 26.3. The molecule has 0 aromatic heterocycles. The van der Waals surface area contributed by atoms with Gasteiger partial charge >= 0.3 is 5.97 Å². The number of quaternary nitrogens is 1. The number of hydrogen-bond donors (Lipinski definition) is 0. The Morgan fingerprint density at radius 2 is 2.00 bits per heavy atom. The molecule has 6 heteroatoms. The van der Waals surface area contributed by atoms with Crippen LogP contribution >= 0.6 is 0 Å². The molecule has 1 aliphatic rings. The number of ether oxygens (including phenoxy) is 2. The minimum absolute atomic E-state index is 0.190. The highest BCUT2D eigenvalue weighted by atomic mass is 16.6. The largest absolute Gasteiger partial charge is 0.614 e. The average molecular weight is 358 g/mol. The highest BCUT2D eigenvalue weighted by molar-refractivity contribution is 5.77. The van der Waals surface area contributed by atoms with Gasteiger partial charge in [0.05, 0.1) is 26.6 Å². The van der Waals surface area contributed by atoms with Gasteiger partial charge in [-0.2, -0.15) is 5.26 Å². The van der Waals surface area contributed by atoms with Gasteiger partial charge in [0.15, 0.2) is 0 Å². The van der Waals surface area contributed by atoms with Crippen molar-refractivity contribution >= 4 is 5.97 Å². The van der Waals surface area contributed by atoms with E-state index < -0.39 is 23.4 Å². The molecule has 0 spiro atoms. The van der Waals surface area contributed by atoms with Crippen LogP contribution in [0.4, 0.5) is 0 Å². The van der Waals surface area contributed by atoms with E-state index in [9.17, 15) is 15.2 Å². The topological polar surface area (TPSA) is 82.4 Å². The van der Waals surface area contributed by atoms with E-state index in [0.29, 0.717) is 17.4 Å². The number of nitriles is 1. The number of esters is 1. The predicted octanol–water partition coefficient (Wildman–Crippen LogP) is 1.72. The van der Waals surface area contributed by atoms with Crippen LogP contribution in [0.1, 0.15) is 25.8 Å². The molecule has 0 bridgehead atoms. The van der Waals surface area contributed by atoms with Crippen molar-refractivity contribution in [1.29, 1.82) is 5.26 Å². The zero-order chi connectivity index (χ0) is 19.2. The van der Waals surface area contributed by atoms with Crippen molar-refractivity contribution in [3.8, 4) is 6.07 Å². The van der Waals surface area contributed by atoms with Crippen molar-refractivity contribution in [3.63, 3.8) is 0 Å².